The molecule has 0 amide bonds. The van der Waals surface area contributed by atoms with Crippen molar-refractivity contribution in [1.29, 1.82) is 0 Å². The molecule has 60 valence electrons. The van der Waals surface area contributed by atoms with Crippen LogP contribution in [0.3, 0.4) is 0 Å². The molecule has 5 heteroatoms. The van der Waals surface area contributed by atoms with Crippen molar-refractivity contribution >= 4 is 24.8 Å². The molecule has 1 aromatic heterocycles. The Balaban J connectivity index is 0. The number of rotatable bonds is 2. The Labute approximate surface area is 71.8 Å². The maximum absolute atomic E-state index is 5.22. The van der Waals surface area contributed by atoms with Crippen LogP contribution in [0.1, 0.15) is 5.89 Å². The second-order valence-electron chi connectivity index (χ2n) is 1.46. The Morgan fingerprint density at radius 1 is 1.50 bits per heavy atom. The molecule has 2 N–H and O–H groups in total. The summed E-state index contributed by atoms with van der Waals surface area (Å²) in [6.45, 7) is 0.598. The number of hydrogen-bond acceptors (Lipinski definition) is 3. The Kier molecular flexibility index (Phi) is 8.53. The number of halogens is 2. The van der Waals surface area contributed by atoms with Gasteiger partial charge in [0.1, 0.15) is 6.26 Å². The van der Waals surface area contributed by atoms with Crippen LogP contribution in [0.5, 0.6) is 0 Å². The summed E-state index contributed by atoms with van der Waals surface area (Å²) in [6, 6.07) is 0. The van der Waals surface area contributed by atoms with E-state index in [-0.39, 0.29) is 24.8 Å². The summed E-state index contributed by atoms with van der Waals surface area (Å²) in [4.78, 5) is 3.86. The van der Waals surface area contributed by atoms with E-state index in [0.717, 1.165) is 6.42 Å². The second-order valence-corrected chi connectivity index (χ2v) is 1.46. The van der Waals surface area contributed by atoms with Crippen LogP contribution in [0, 0.1) is 0 Å². The van der Waals surface area contributed by atoms with E-state index in [1.54, 1.807) is 12.5 Å². The monoisotopic (exact) mass is 184 g/mol. The number of nitrogens with two attached hydrogens (primary N) is 1. The zero-order valence-corrected chi connectivity index (χ0v) is 6.95. The fourth-order valence-corrected chi connectivity index (χ4v) is 0.500. The summed E-state index contributed by atoms with van der Waals surface area (Å²) in [5.41, 5.74) is 5.22. The quantitative estimate of drug-likeness (QED) is 0.748. The van der Waals surface area contributed by atoms with Gasteiger partial charge in [0.15, 0.2) is 5.89 Å². The highest BCUT2D eigenvalue weighted by atomic mass is 35.5. The van der Waals surface area contributed by atoms with Crippen molar-refractivity contribution in [3.8, 4) is 0 Å². The molecule has 0 bridgehead atoms. The molecule has 0 aliphatic carbocycles. The minimum atomic E-state index is 0. The van der Waals surface area contributed by atoms with E-state index < -0.39 is 0 Å². The predicted octanol–water partition coefficient (Wildman–Crippen LogP) is 1.02. The number of nitrogens with zero attached hydrogens (tertiary/aromatic N) is 1. The lowest BCUT2D eigenvalue weighted by Gasteiger charge is -1.84. The first-order chi connectivity index (χ1) is 3.93. The molecular formula is C5H10Cl2N2O. The Morgan fingerprint density at radius 2 is 2.20 bits per heavy atom. The van der Waals surface area contributed by atoms with Crippen LogP contribution in [-0.2, 0) is 6.42 Å². The molecule has 0 aromatic carbocycles. The molecule has 10 heavy (non-hydrogen) atoms. The zero-order chi connectivity index (χ0) is 5.82. The third-order valence-corrected chi connectivity index (χ3v) is 0.842. The Bertz CT molecular complexity index is 143. The van der Waals surface area contributed by atoms with Crippen molar-refractivity contribution in [3.63, 3.8) is 0 Å². The van der Waals surface area contributed by atoms with E-state index >= 15 is 0 Å². The first-order valence-corrected chi connectivity index (χ1v) is 2.52. The molecule has 1 rings (SSSR count). The molecule has 0 saturated heterocycles. The molecule has 0 aliphatic rings. The van der Waals surface area contributed by atoms with E-state index in [2.05, 4.69) is 4.98 Å². The minimum Gasteiger partial charge on any atom is -0.449 e. The van der Waals surface area contributed by atoms with E-state index in [0.29, 0.717) is 12.4 Å². The van der Waals surface area contributed by atoms with Crippen LogP contribution in [-0.4, -0.2) is 11.5 Å². The topological polar surface area (TPSA) is 52.0 Å². The van der Waals surface area contributed by atoms with Gasteiger partial charge in [0.25, 0.3) is 0 Å². The molecule has 0 aliphatic heterocycles. The van der Waals surface area contributed by atoms with Crippen LogP contribution >= 0.6 is 24.8 Å². The van der Waals surface area contributed by atoms with E-state index in [4.69, 9.17) is 10.2 Å². The molecule has 0 unspecified atom stereocenters. The lowest BCUT2D eigenvalue weighted by Crippen LogP contribution is -2.02. The summed E-state index contributed by atoms with van der Waals surface area (Å²) < 4.78 is 4.88. The Hall–Kier alpha value is -0.250. The highest BCUT2D eigenvalue weighted by molar-refractivity contribution is 5.85. The third-order valence-electron chi connectivity index (χ3n) is 0.842. The van der Waals surface area contributed by atoms with E-state index in [1.165, 1.54) is 0 Å². The summed E-state index contributed by atoms with van der Waals surface area (Å²) in [5.74, 6) is 0.715. The van der Waals surface area contributed by atoms with Crippen LogP contribution < -0.4 is 5.73 Å². The molecule has 0 spiro atoms. The van der Waals surface area contributed by atoms with Crippen molar-refractivity contribution in [1.82, 2.24) is 4.98 Å². The van der Waals surface area contributed by atoms with Crippen molar-refractivity contribution in [2.24, 2.45) is 5.73 Å². The maximum atomic E-state index is 5.22. The van der Waals surface area contributed by atoms with Gasteiger partial charge in [-0.2, -0.15) is 0 Å². The average Bonchev–Trinajstić information content (AvgIpc) is 2.19. The number of oxazole rings is 1. The van der Waals surface area contributed by atoms with Crippen LogP contribution in [0.25, 0.3) is 0 Å². The highest BCUT2D eigenvalue weighted by Crippen LogP contribution is 1.92. The van der Waals surface area contributed by atoms with E-state index in [9.17, 15) is 0 Å². The van der Waals surface area contributed by atoms with Gasteiger partial charge in [0.05, 0.1) is 6.20 Å². The maximum Gasteiger partial charge on any atom is 0.195 e. The standard InChI is InChI=1S/C5H8N2O.2ClH/c6-2-1-5-7-3-4-8-5;;/h3-4H,1-2,6H2;2*1H. The summed E-state index contributed by atoms with van der Waals surface area (Å²) >= 11 is 0. The largest absolute Gasteiger partial charge is 0.449 e. The predicted molar refractivity (Wildman–Crippen MR) is 43.8 cm³/mol. The van der Waals surface area contributed by atoms with Gasteiger partial charge in [-0.1, -0.05) is 0 Å². The van der Waals surface area contributed by atoms with Gasteiger partial charge in [-0.25, -0.2) is 4.98 Å². The van der Waals surface area contributed by atoms with E-state index in [1.807, 2.05) is 0 Å². The minimum absolute atomic E-state index is 0. The van der Waals surface area contributed by atoms with Crippen LogP contribution in [0.2, 0.25) is 0 Å². The zero-order valence-electron chi connectivity index (χ0n) is 5.32. The average molecular weight is 185 g/mol. The lowest BCUT2D eigenvalue weighted by atomic mass is 10.4. The summed E-state index contributed by atoms with van der Waals surface area (Å²) in [7, 11) is 0. The van der Waals surface area contributed by atoms with Gasteiger partial charge >= 0.3 is 0 Å². The first kappa shape index (κ1) is 12.4. The molecule has 3 nitrogen and oxygen atoms in total. The summed E-state index contributed by atoms with van der Waals surface area (Å²) in [5, 5.41) is 0. The number of hydrogen-bond donors (Lipinski definition) is 1. The van der Waals surface area contributed by atoms with Crippen molar-refractivity contribution in [3.05, 3.63) is 18.4 Å². The normalized spacial score (nSPS) is 7.70. The van der Waals surface area contributed by atoms with Crippen LogP contribution in [0.4, 0.5) is 0 Å². The number of aromatic nitrogens is 1. The third kappa shape index (κ3) is 3.71. The summed E-state index contributed by atoms with van der Waals surface area (Å²) in [6.07, 6.45) is 3.89. The molecule has 0 fully saturated rings. The van der Waals surface area contributed by atoms with Gasteiger partial charge in [0, 0.05) is 13.0 Å². The molecule has 0 radical (unpaired) electrons. The van der Waals surface area contributed by atoms with Gasteiger partial charge in [0.2, 0.25) is 0 Å². The van der Waals surface area contributed by atoms with Crippen molar-refractivity contribution in [2.75, 3.05) is 6.54 Å². The molecule has 0 atom stereocenters. The molecule has 1 aromatic rings. The Morgan fingerprint density at radius 3 is 2.60 bits per heavy atom. The SMILES string of the molecule is Cl.Cl.NCCc1ncco1. The fraction of sp³-hybridized carbons (Fsp3) is 0.400. The molecule has 0 saturated carbocycles. The van der Waals surface area contributed by atoms with Gasteiger partial charge in [-0.15, -0.1) is 24.8 Å². The van der Waals surface area contributed by atoms with Crippen molar-refractivity contribution in [2.45, 2.75) is 6.42 Å². The van der Waals surface area contributed by atoms with Gasteiger partial charge in [-0.3, -0.25) is 0 Å². The van der Waals surface area contributed by atoms with Gasteiger partial charge < -0.3 is 10.2 Å². The van der Waals surface area contributed by atoms with Crippen molar-refractivity contribution < 1.29 is 4.42 Å². The highest BCUT2D eigenvalue weighted by Gasteiger charge is 1.90. The second kappa shape index (κ2) is 6.86. The first-order valence-electron chi connectivity index (χ1n) is 2.52. The van der Waals surface area contributed by atoms with Crippen LogP contribution in [0.15, 0.2) is 16.9 Å². The van der Waals surface area contributed by atoms with Gasteiger partial charge in [-0.05, 0) is 0 Å². The lowest BCUT2D eigenvalue weighted by molar-refractivity contribution is 0.496. The molecule has 1 heterocycles. The fourth-order valence-electron chi connectivity index (χ4n) is 0.500. The molecular weight excluding hydrogens is 175 g/mol. The smallest absolute Gasteiger partial charge is 0.195 e.